The van der Waals surface area contributed by atoms with Crippen LogP contribution >= 0.6 is 0 Å². The molecule has 1 aromatic heterocycles. The highest BCUT2D eigenvalue weighted by Gasteiger charge is 2.41. The Kier molecular flexibility index (Phi) is 7.00. The van der Waals surface area contributed by atoms with Crippen molar-refractivity contribution in [3.8, 4) is 5.88 Å². The van der Waals surface area contributed by atoms with Gasteiger partial charge in [-0.15, -0.1) is 0 Å². The molecule has 0 saturated heterocycles. The third-order valence-corrected chi connectivity index (χ3v) is 4.49. The van der Waals surface area contributed by atoms with E-state index in [0.29, 0.717) is 0 Å². The van der Waals surface area contributed by atoms with E-state index in [2.05, 4.69) is 10.3 Å². The molecule has 1 aliphatic rings. The number of hydrogen-bond acceptors (Lipinski definition) is 7. The van der Waals surface area contributed by atoms with Gasteiger partial charge in [-0.3, -0.25) is 14.9 Å². The summed E-state index contributed by atoms with van der Waals surface area (Å²) in [5.74, 6) is -2.73. The van der Waals surface area contributed by atoms with Crippen molar-refractivity contribution in [1.82, 2.24) is 10.3 Å². The van der Waals surface area contributed by atoms with E-state index >= 15 is 0 Å². The van der Waals surface area contributed by atoms with Crippen molar-refractivity contribution < 1.29 is 32.4 Å². The number of nitrogens with zero attached hydrogens (tertiary/aromatic N) is 2. The summed E-state index contributed by atoms with van der Waals surface area (Å²) in [6.07, 6.45) is -4.13. The molecule has 28 heavy (non-hydrogen) atoms. The van der Waals surface area contributed by atoms with Gasteiger partial charge in [-0.25, -0.2) is 0 Å². The number of methoxy groups -OCH3 is 1. The van der Waals surface area contributed by atoms with E-state index in [1.54, 1.807) is 0 Å². The van der Waals surface area contributed by atoms with Crippen LogP contribution in [0.15, 0.2) is 6.07 Å². The van der Waals surface area contributed by atoms with Crippen molar-refractivity contribution in [2.75, 3.05) is 26.1 Å². The number of halogens is 3. The molecule has 0 bridgehead atoms. The minimum atomic E-state index is -4.25. The number of hydrogen-bond donors (Lipinski definition) is 2. The van der Waals surface area contributed by atoms with Crippen molar-refractivity contribution in [3.05, 3.63) is 21.7 Å². The first-order valence-electron chi connectivity index (χ1n) is 8.57. The van der Waals surface area contributed by atoms with Crippen LogP contribution in [0.4, 0.5) is 24.7 Å². The molecule has 9 nitrogen and oxygen atoms in total. The number of amides is 1. The van der Waals surface area contributed by atoms with Crippen molar-refractivity contribution in [1.29, 1.82) is 0 Å². The molecule has 1 aromatic rings. The Morgan fingerprint density at radius 2 is 2.00 bits per heavy atom. The molecule has 156 valence electrons. The first-order valence-corrected chi connectivity index (χ1v) is 8.57. The van der Waals surface area contributed by atoms with E-state index in [1.807, 2.05) is 0 Å². The Hall–Kier alpha value is -2.63. The van der Waals surface area contributed by atoms with Gasteiger partial charge < -0.3 is 20.5 Å². The molecule has 1 aliphatic carbocycles. The lowest BCUT2D eigenvalue weighted by Crippen LogP contribution is -2.40. The quantitative estimate of drug-likeness (QED) is 0.404. The van der Waals surface area contributed by atoms with E-state index in [-0.39, 0.29) is 50.3 Å². The summed E-state index contributed by atoms with van der Waals surface area (Å²) >= 11 is 0. The van der Waals surface area contributed by atoms with Crippen molar-refractivity contribution >= 4 is 17.4 Å². The van der Waals surface area contributed by atoms with Crippen LogP contribution in [0.2, 0.25) is 0 Å². The molecule has 1 amide bonds. The average Bonchev–Trinajstić information content (AvgIpc) is 2.61. The standard InChI is InChI=1S/C16H21F3N4O5/c1-27-6-7-28-15-11(8-12(23(25)26)13(20)22-15)14(24)21-10-4-2-9(3-5-10)16(17,18)19/h8-10H,2-7H2,1H3,(H2,20,22)(H,21,24)/t9-,10-. The summed E-state index contributed by atoms with van der Waals surface area (Å²) in [6.45, 7) is 0.207. The zero-order valence-corrected chi connectivity index (χ0v) is 15.1. The molecular formula is C16H21F3N4O5. The summed E-state index contributed by atoms with van der Waals surface area (Å²) in [4.78, 5) is 26.6. The van der Waals surface area contributed by atoms with Gasteiger partial charge in [-0.05, 0) is 25.7 Å². The Balaban J connectivity index is 2.14. The third kappa shape index (κ3) is 5.44. The molecule has 0 aliphatic heterocycles. The number of aromatic nitrogens is 1. The number of rotatable bonds is 7. The maximum absolute atomic E-state index is 12.8. The fraction of sp³-hybridized carbons (Fsp3) is 0.625. The average molecular weight is 406 g/mol. The van der Waals surface area contributed by atoms with E-state index in [4.69, 9.17) is 15.2 Å². The SMILES string of the molecule is COCCOc1nc(N)c([N+](=O)[O-])cc1C(=O)N[C@H]1CC[C@H](C(F)(F)F)CC1. The maximum Gasteiger partial charge on any atom is 0.391 e. The van der Waals surface area contributed by atoms with Crippen LogP contribution in [0.3, 0.4) is 0 Å². The predicted octanol–water partition coefficient (Wildman–Crippen LogP) is 2.45. The number of ether oxygens (including phenoxy) is 2. The number of alkyl halides is 3. The fourth-order valence-electron chi connectivity index (χ4n) is 2.97. The van der Waals surface area contributed by atoms with Crippen LogP contribution in [-0.2, 0) is 4.74 Å². The summed E-state index contributed by atoms with van der Waals surface area (Å²) < 4.78 is 48.4. The van der Waals surface area contributed by atoms with Crippen molar-refractivity contribution in [3.63, 3.8) is 0 Å². The van der Waals surface area contributed by atoms with Crippen molar-refractivity contribution in [2.45, 2.75) is 37.9 Å². The molecule has 0 radical (unpaired) electrons. The summed E-state index contributed by atoms with van der Waals surface area (Å²) in [5, 5.41) is 13.7. The maximum atomic E-state index is 12.8. The van der Waals surface area contributed by atoms with Crippen LogP contribution in [0.1, 0.15) is 36.0 Å². The lowest BCUT2D eigenvalue weighted by Gasteiger charge is -2.30. The second-order valence-electron chi connectivity index (χ2n) is 6.41. The Bertz CT molecular complexity index is 721. The van der Waals surface area contributed by atoms with Gasteiger partial charge in [-0.1, -0.05) is 0 Å². The second kappa shape index (κ2) is 9.04. The Morgan fingerprint density at radius 3 is 2.54 bits per heavy atom. The number of anilines is 1. The number of carbonyl (C=O) groups excluding carboxylic acids is 1. The van der Waals surface area contributed by atoms with Gasteiger partial charge in [0.05, 0.1) is 17.4 Å². The zero-order valence-electron chi connectivity index (χ0n) is 15.1. The first kappa shape index (κ1) is 21.7. The molecule has 0 unspecified atom stereocenters. The van der Waals surface area contributed by atoms with E-state index < -0.39 is 40.5 Å². The summed E-state index contributed by atoms with van der Waals surface area (Å²) in [5.41, 5.74) is 4.76. The van der Waals surface area contributed by atoms with Crippen LogP contribution < -0.4 is 15.8 Å². The lowest BCUT2D eigenvalue weighted by atomic mass is 9.85. The predicted molar refractivity (Wildman–Crippen MR) is 91.9 cm³/mol. The lowest BCUT2D eigenvalue weighted by molar-refractivity contribution is -0.384. The van der Waals surface area contributed by atoms with Gasteiger partial charge in [0.1, 0.15) is 12.2 Å². The number of pyridine rings is 1. The molecule has 1 saturated carbocycles. The normalized spacial score (nSPS) is 19.9. The van der Waals surface area contributed by atoms with E-state index in [9.17, 15) is 28.1 Å². The minimum absolute atomic E-state index is 0.0255. The van der Waals surface area contributed by atoms with Gasteiger partial charge in [0.15, 0.2) is 0 Å². The number of nitro groups is 1. The van der Waals surface area contributed by atoms with Gasteiger partial charge in [0.25, 0.3) is 5.91 Å². The number of carbonyl (C=O) groups is 1. The minimum Gasteiger partial charge on any atom is -0.475 e. The largest absolute Gasteiger partial charge is 0.475 e. The van der Waals surface area contributed by atoms with Gasteiger partial charge in [-0.2, -0.15) is 18.2 Å². The van der Waals surface area contributed by atoms with Gasteiger partial charge in [0.2, 0.25) is 11.7 Å². The number of nitrogens with two attached hydrogens (primary N) is 1. The van der Waals surface area contributed by atoms with Crippen LogP contribution in [0.5, 0.6) is 5.88 Å². The zero-order chi connectivity index (χ0) is 20.9. The van der Waals surface area contributed by atoms with Gasteiger partial charge >= 0.3 is 11.9 Å². The molecule has 1 heterocycles. The first-order chi connectivity index (χ1) is 13.1. The molecular weight excluding hydrogens is 385 g/mol. The van der Waals surface area contributed by atoms with Gasteiger partial charge in [0, 0.05) is 19.2 Å². The Labute approximate surface area is 158 Å². The second-order valence-corrected chi connectivity index (χ2v) is 6.41. The monoisotopic (exact) mass is 406 g/mol. The van der Waals surface area contributed by atoms with Crippen molar-refractivity contribution in [2.24, 2.45) is 5.92 Å². The number of nitrogen functional groups attached to an aromatic ring is 1. The highest BCUT2D eigenvalue weighted by molar-refractivity contribution is 5.97. The molecule has 3 N–H and O–H groups in total. The molecule has 12 heteroatoms. The summed E-state index contributed by atoms with van der Waals surface area (Å²) in [6, 6.07) is 0.468. The number of nitrogens with one attached hydrogen (secondary N) is 1. The summed E-state index contributed by atoms with van der Waals surface area (Å²) in [7, 11) is 1.44. The molecule has 0 atom stereocenters. The fourth-order valence-corrected chi connectivity index (χ4v) is 2.97. The molecule has 2 rings (SSSR count). The van der Waals surface area contributed by atoms with Crippen LogP contribution in [0.25, 0.3) is 0 Å². The third-order valence-electron chi connectivity index (χ3n) is 4.49. The van der Waals surface area contributed by atoms with E-state index in [1.165, 1.54) is 7.11 Å². The highest BCUT2D eigenvalue weighted by Crippen LogP contribution is 2.37. The Morgan fingerprint density at radius 1 is 1.36 bits per heavy atom. The topological polar surface area (TPSA) is 130 Å². The highest BCUT2D eigenvalue weighted by atomic mass is 19.4. The van der Waals surface area contributed by atoms with Crippen LogP contribution in [0, 0.1) is 16.0 Å². The molecule has 0 spiro atoms. The molecule has 0 aromatic carbocycles. The van der Waals surface area contributed by atoms with E-state index in [0.717, 1.165) is 6.07 Å². The smallest absolute Gasteiger partial charge is 0.391 e. The van der Waals surface area contributed by atoms with Crippen LogP contribution in [-0.4, -0.2) is 48.4 Å². The molecule has 1 fully saturated rings.